The van der Waals surface area contributed by atoms with Crippen LogP contribution in [0.4, 0.5) is 0 Å². The summed E-state index contributed by atoms with van der Waals surface area (Å²) >= 11 is 2.98. The quantitative estimate of drug-likeness (QED) is 0.675. The van der Waals surface area contributed by atoms with E-state index < -0.39 is 11.2 Å². The van der Waals surface area contributed by atoms with Crippen LogP contribution in [0.5, 0.6) is 0 Å². The van der Waals surface area contributed by atoms with E-state index in [9.17, 15) is 4.79 Å². The van der Waals surface area contributed by atoms with E-state index in [1.165, 1.54) is 16.6 Å². The molecule has 2 heterocycles. The molecule has 0 aliphatic rings. The molecular formula is C13H16N2O2S2. The van der Waals surface area contributed by atoms with E-state index in [0.29, 0.717) is 12.2 Å². The summed E-state index contributed by atoms with van der Waals surface area (Å²) in [7, 11) is 0. The monoisotopic (exact) mass is 296 g/mol. The lowest BCUT2D eigenvalue weighted by atomic mass is 10.3. The predicted molar refractivity (Wildman–Crippen MR) is 79.1 cm³/mol. The fourth-order valence-electron chi connectivity index (χ4n) is 1.75. The lowest BCUT2D eigenvalue weighted by Crippen LogP contribution is -2.15. The number of rotatable bonds is 5. The van der Waals surface area contributed by atoms with Gasteiger partial charge in [0.2, 0.25) is 0 Å². The normalized spacial score (nSPS) is 12.8. The topological polar surface area (TPSA) is 63.1 Å². The Kier molecular flexibility index (Phi) is 4.42. The van der Waals surface area contributed by atoms with Crippen molar-refractivity contribution in [2.45, 2.75) is 43.9 Å². The molecule has 0 saturated heterocycles. The molecule has 0 fully saturated rings. The Balaban J connectivity index is 2.46. The second-order valence-electron chi connectivity index (χ2n) is 4.21. The molecule has 102 valence electrons. The van der Waals surface area contributed by atoms with Crippen molar-refractivity contribution in [3.63, 3.8) is 0 Å². The second kappa shape index (κ2) is 5.88. The molecule has 4 nitrogen and oxygen atoms in total. The Bertz CT molecular complexity index is 610. The van der Waals surface area contributed by atoms with Gasteiger partial charge in [0.1, 0.15) is 20.9 Å². The zero-order valence-electron chi connectivity index (χ0n) is 11.1. The summed E-state index contributed by atoms with van der Waals surface area (Å²) in [4.78, 5) is 22.2. The number of hydrogen-bond donors (Lipinski definition) is 1. The van der Waals surface area contributed by atoms with E-state index in [-0.39, 0.29) is 0 Å². The first kappa shape index (κ1) is 14.3. The number of fused-ring (bicyclic) bond motifs is 1. The summed E-state index contributed by atoms with van der Waals surface area (Å²) < 4.78 is 0. The van der Waals surface area contributed by atoms with Gasteiger partial charge in [-0.1, -0.05) is 25.6 Å². The predicted octanol–water partition coefficient (Wildman–Crippen LogP) is 3.52. The van der Waals surface area contributed by atoms with Gasteiger partial charge in [0, 0.05) is 10.3 Å². The van der Waals surface area contributed by atoms with Crippen molar-refractivity contribution in [1.29, 1.82) is 0 Å². The molecule has 0 amide bonds. The van der Waals surface area contributed by atoms with Crippen LogP contribution >= 0.6 is 23.1 Å². The van der Waals surface area contributed by atoms with Crippen molar-refractivity contribution in [2.24, 2.45) is 0 Å². The summed E-state index contributed by atoms with van der Waals surface area (Å²) in [5.74, 6) is -0.0948. The first-order valence-corrected chi connectivity index (χ1v) is 7.91. The number of thioether (sulfide) groups is 1. The molecule has 0 aliphatic heterocycles. The summed E-state index contributed by atoms with van der Waals surface area (Å²) in [5, 5.41) is 10.5. The molecule has 0 bridgehead atoms. The van der Waals surface area contributed by atoms with Crippen molar-refractivity contribution in [3.8, 4) is 0 Å². The van der Waals surface area contributed by atoms with Gasteiger partial charge in [-0.15, -0.1) is 11.3 Å². The Labute approximate surface area is 120 Å². The molecule has 0 radical (unpaired) electrons. The molecule has 1 atom stereocenters. The summed E-state index contributed by atoms with van der Waals surface area (Å²) in [5.41, 5.74) is 0. The molecule has 6 heteroatoms. The van der Waals surface area contributed by atoms with Gasteiger partial charge in [-0.2, -0.15) is 0 Å². The number of thiophene rings is 1. The Morgan fingerprint density at radius 2 is 2.21 bits per heavy atom. The molecule has 2 aromatic rings. The van der Waals surface area contributed by atoms with Crippen LogP contribution in [-0.2, 0) is 11.2 Å². The van der Waals surface area contributed by atoms with Gasteiger partial charge in [0.25, 0.3) is 0 Å². The number of nitrogens with zero attached hydrogens (tertiary/aromatic N) is 2. The molecule has 1 N–H and O–H groups in total. The number of aliphatic carboxylic acids is 1. The van der Waals surface area contributed by atoms with Gasteiger partial charge in [-0.25, -0.2) is 9.97 Å². The van der Waals surface area contributed by atoms with Crippen molar-refractivity contribution < 1.29 is 9.90 Å². The lowest BCUT2D eigenvalue weighted by molar-refractivity contribution is -0.136. The van der Waals surface area contributed by atoms with Gasteiger partial charge in [0.05, 0.1) is 0 Å². The van der Waals surface area contributed by atoms with Crippen LogP contribution in [0, 0.1) is 6.92 Å². The van der Waals surface area contributed by atoms with E-state index in [1.54, 1.807) is 11.3 Å². The van der Waals surface area contributed by atoms with Crippen LogP contribution in [0.1, 0.15) is 31.0 Å². The average Bonchev–Trinajstić information content (AvgIpc) is 2.78. The standard InChI is InChI=1S/C13H16N2O2S2/c1-4-8-6-9-11(18-8)14-7(3)15-12(9)19-10(5-2)13(16)17/h6,10H,4-5H2,1-3H3,(H,16,17). The van der Waals surface area contributed by atoms with Crippen LogP contribution < -0.4 is 0 Å². The highest BCUT2D eigenvalue weighted by Crippen LogP contribution is 2.34. The lowest BCUT2D eigenvalue weighted by Gasteiger charge is -2.09. The number of carboxylic acids is 1. The third-order valence-corrected chi connectivity index (χ3v) is 5.30. The van der Waals surface area contributed by atoms with E-state index in [0.717, 1.165) is 21.7 Å². The summed E-state index contributed by atoms with van der Waals surface area (Å²) in [6.45, 7) is 5.82. The van der Waals surface area contributed by atoms with Crippen LogP contribution in [0.2, 0.25) is 0 Å². The Morgan fingerprint density at radius 1 is 1.47 bits per heavy atom. The van der Waals surface area contributed by atoms with Crippen molar-refractivity contribution in [2.75, 3.05) is 0 Å². The van der Waals surface area contributed by atoms with E-state index in [2.05, 4.69) is 23.0 Å². The molecule has 0 saturated carbocycles. The smallest absolute Gasteiger partial charge is 0.317 e. The maximum Gasteiger partial charge on any atom is 0.317 e. The summed E-state index contributed by atoms with van der Waals surface area (Å²) in [6, 6.07) is 2.08. The van der Waals surface area contributed by atoms with E-state index in [1.807, 2.05) is 13.8 Å². The number of carboxylic acid groups (broad SMARTS) is 1. The van der Waals surface area contributed by atoms with Crippen LogP contribution in [0.15, 0.2) is 11.1 Å². The SMILES string of the molecule is CCc1cc2c(SC(CC)C(=O)O)nc(C)nc2s1. The van der Waals surface area contributed by atoms with E-state index >= 15 is 0 Å². The second-order valence-corrected chi connectivity index (χ2v) is 6.52. The molecule has 0 spiro atoms. The third kappa shape index (κ3) is 3.06. The summed E-state index contributed by atoms with van der Waals surface area (Å²) in [6.07, 6.45) is 1.54. The van der Waals surface area contributed by atoms with Crippen molar-refractivity contribution in [1.82, 2.24) is 9.97 Å². The van der Waals surface area contributed by atoms with Crippen LogP contribution in [-0.4, -0.2) is 26.3 Å². The fourth-order valence-corrected chi connectivity index (χ4v) is 3.84. The first-order valence-electron chi connectivity index (χ1n) is 6.21. The number of aryl methyl sites for hydroxylation is 2. The molecule has 2 rings (SSSR count). The average molecular weight is 296 g/mol. The van der Waals surface area contributed by atoms with Crippen LogP contribution in [0.3, 0.4) is 0 Å². The zero-order chi connectivity index (χ0) is 14.0. The van der Waals surface area contributed by atoms with Gasteiger partial charge in [0.15, 0.2) is 0 Å². The van der Waals surface area contributed by atoms with E-state index in [4.69, 9.17) is 5.11 Å². The minimum absolute atomic E-state index is 0.456. The molecule has 0 aromatic carbocycles. The molecule has 1 unspecified atom stereocenters. The van der Waals surface area contributed by atoms with Gasteiger partial charge >= 0.3 is 5.97 Å². The molecule has 19 heavy (non-hydrogen) atoms. The highest BCUT2D eigenvalue weighted by atomic mass is 32.2. The van der Waals surface area contributed by atoms with Gasteiger partial charge < -0.3 is 5.11 Å². The van der Waals surface area contributed by atoms with Crippen LogP contribution in [0.25, 0.3) is 10.2 Å². The molecule has 2 aromatic heterocycles. The maximum atomic E-state index is 11.2. The Hall–Kier alpha value is -1.14. The number of carbonyl (C=O) groups is 1. The number of aromatic nitrogens is 2. The van der Waals surface area contributed by atoms with Gasteiger partial charge in [-0.3, -0.25) is 4.79 Å². The largest absolute Gasteiger partial charge is 0.480 e. The minimum Gasteiger partial charge on any atom is -0.480 e. The van der Waals surface area contributed by atoms with Crippen molar-refractivity contribution in [3.05, 3.63) is 16.8 Å². The molecule has 0 aliphatic carbocycles. The zero-order valence-corrected chi connectivity index (χ0v) is 12.8. The van der Waals surface area contributed by atoms with Crippen molar-refractivity contribution >= 4 is 39.3 Å². The Morgan fingerprint density at radius 3 is 2.79 bits per heavy atom. The fraction of sp³-hybridized carbons (Fsp3) is 0.462. The molecular weight excluding hydrogens is 280 g/mol. The minimum atomic E-state index is -0.789. The highest BCUT2D eigenvalue weighted by molar-refractivity contribution is 8.00. The maximum absolute atomic E-state index is 11.2. The third-order valence-electron chi connectivity index (χ3n) is 2.77. The highest BCUT2D eigenvalue weighted by Gasteiger charge is 2.20. The number of hydrogen-bond acceptors (Lipinski definition) is 5. The van der Waals surface area contributed by atoms with Gasteiger partial charge in [-0.05, 0) is 25.8 Å². The first-order chi connectivity index (χ1) is 9.05.